The number of carboxylic acid groups (broad SMARTS) is 1. The first-order valence-corrected chi connectivity index (χ1v) is 5.19. The zero-order chi connectivity index (χ0) is 11.4. The third kappa shape index (κ3) is 2.69. The lowest BCUT2D eigenvalue weighted by Gasteiger charge is -2.05. The van der Waals surface area contributed by atoms with Crippen LogP contribution in [0.4, 0.5) is 10.5 Å². The maximum atomic E-state index is 11.1. The van der Waals surface area contributed by atoms with E-state index in [0.717, 1.165) is 11.3 Å². The summed E-state index contributed by atoms with van der Waals surface area (Å²) in [6.45, 7) is 3.65. The van der Waals surface area contributed by atoms with Gasteiger partial charge in [-0.3, -0.25) is 5.32 Å². The molecule has 82 valence electrons. The number of carbonyl (C=O) groups is 2. The highest BCUT2D eigenvalue weighted by molar-refractivity contribution is 7.12. The molecule has 0 radical (unpaired) electrons. The Hall–Kier alpha value is -1.56. The third-order valence-electron chi connectivity index (χ3n) is 1.67. The van der Waals surface area contributed by atoms with Gasteiger partial charge in [-0.05, 0) is 24.8 Å². The summed E-state index contributed by atoms with van der Waals surface area (Å²) < 4.78 is 4.67. The molecule has 0 bridgehead atoms. The number of thiophene rings is 1. The summed E-state index contributed by atoms with van der Waals surface area (Å²) in [4.78, 5) is 22.0. The summed E-state index contributed by atoms with van der Waals surface area (Å²) in [6.07, 6.45) is -0.637. The zero-order valence-corrected chi connectivity index (χ0v) is 9.18. The standard InChI is InChI=1S/C9H11NO4S/c1-3-14-9(13)10-6-5(2)4-15-7(6)8(11)12/h4H,3H2,1-2H3,(H,10,13)(H,11,12). The Labute approximate surface area is 90.7 Å². The quantitative estimate of drug-likeness (QED) is 0.834. The van der Waals surface area contributed by atoms with Crippen molar-refractivity contribution in [3.8, 4) is 0 Å². The fourth-order valence-electron chi connectivity index (χ4n) is 1.03. The first kappa shape index (κ1) is 11.5. The third-order valence-corrected chi connectivity index (χ3v) is 2.76. The number of rotatable bonds is 3. The molecule has 1 aromatic heterocycles. The van der Waals surface area contributed by atoms with Crippen LogP contribution in [-0.4, -0.2) is 23.8 Å². The molecule has 0 aliphatic heterocycles. The van der Waals surface area contributed by atoms with Gasteiger partial charge in [0.05, 0.1) is 12.3 Å². The molecule has 1 amide bonds. The van der Waals surface area contributed by atoms with E-state index in [1.807, 2.05) is 0 Å². The molecule has 0 aromatic carbocycles. The maximum Gasteiger partial charge on any atom is 0.411 e. The molecule has 0 spiro atoms. The minimum atomic E-state index is -1.06. The van der Waals surface area contributed by atoms with Gasteiger partial charge < -0.3 is 9.84 Å². The first-order chi connectivity index (χ1) is 7.06. The predicted octanol–water partition coefficient (Wildman–Crippen LogP) is 2.32. The normalized spacial score (nSPS) is 9.73. The van der Waals surface area contributed by atoms with Crippen LogP contribution in [0.25, 0.3) is 0 Å². The second-order valence-electron chi connectivity index (χ2n) is 2.77. The summed E-state index contributed by atoms with van der Waals surface area (Å²) in [5.41, 5.74) is 1.02. The number of carbonyl (C=O) groups excluding carboxylic acids is 1. The van der Waals surface area contributed by atoms with Gasteiger partial charge in [-0.1, -0.05) is 0 Å². The van der Waals surface area contributed by atoms with Crippen molar-refractivity contribution in [1.29, 1.82) is 0 Å². The van der Waals surface area contributed by atoms with Crippen LogP contribution in [-0.2, 0) is 4.74 Å². The van der Waals surface area contributed by atoms with Gasteiger partial charge >= 0.3 is 12.1 Å². The Morgan fingerprint density at radius 1 is 1.60 bits per heavy atom. The van der Waals surface area contributed by atoms with Crippen molar-refractivity contribution in [2.45, 2.75) is 13.8 Å². The van der Waals surface area contributed by atoms with Crippen LogP contribution in [0.5, 0.6) is 0 Å². The summed E-state index contributed by atoms with van der Waals surface area (Å²) in [5, 5.41) is 12.9. The smallest absolute Gasteiger partial charge is 0.411 e. The molecule has 0 saturated carbocycles. The Morgan fingerprint density at radius 3 is 2.80 bits per heavy atom. The van der Waals surface area contributed by atoms with Crippen molar-refractivity contribution in [3.63, 3.8) is 0 Å². The second-order valence-corrected chi connectivity index (χ2v) is 3.65. The molecular weight excluding hydrogens is 218 g/mol. The molecule has 1 heterocycles. The number of nitrogens with one attached hydrogen (secondary N) is 1. The molecule has 0 unspecified atom stereocenters. The minimum absolute atomic E-state index is 0.112. The van der Waals surface area contributed by atoms with E-state index >= 15 is 0 Å². The van der Waals surface area contributed by atoms with Crippen molar-refractivity contribution < 1.29 is 19.4 Å². The van der Waals surface area contributed by atoms with Crippen LogP contribution in [0.1, 0.15) is 22.2 Å². The highest BCUT2D eigenvalue weighted by atomic mass is 32.1. The average molecular weight is 229 g/mol. The topological polar surface area (TPSA) is 75.6 Å². The van der Waals surface area contributed by atoms with E-state index in [1.54, 1.807) is 19.2 Å². The molecule has 0 saturated heterocycles. The molecule has 0 fully saturated rings. The number of ether oxygens (including phenoxy) is 1. The van der Waals surface area contributed by atoms with Crippen molar-refractivity contribution in [3.05, 3.63) is 15.8 Å². The SMILES string of the molecule is CCOC(=O)Nc1c(C)csc1C(=O)O. The van der Waals surface area contributed by atoms with Crippen LogP contribution in [0, 0.1) is 6.92 Å². The lowest BCUT2D eigenvalue weighted by molar-refractivity contribution is 0.0703. The number of hydrogen-bond donors (Lipinski definition) is 2. The Bertz CT molecular complexity index is 385. The van der Waals surface area contributed by atoms with E-state index in [4.69, 9.17) is 5.11 Å². The molecular formula is C9H11NO4S. The fourth-order valence-corrected chi connectivity index (χ4v) is 1.87. The molecule has 1 rings (SSSR count). The van der Waals surface area contributed by atoms with Gasteiger partial charge in [0.25, 0.3) is 0 Å². The van der Waals surface area contributed by atoms with Gasteiger partial charge in [0, 0.05) is 0 Å². The van der Waals surface area contributed by atoms with Gasteiger partial charge in [-0.15, -0.1) is 11.3 Å². The Morgan fingerprint density at radius 2 is 2.27 bits per heavy atom. The van der Waals surface area contributed by atoms with Gasteiger partial charge in [0.1, 0.15) is 4.88 Å². The van der Waals surface area contributed by atoms with Crippen molar-refractivity contribution >= 4 is 29.1 Å². The van der Waals surface area contributed by atoms with E-state index < -0.39 is 12.1 Å². The molecule has 6 heteroatoms. The molecule has 2 N–H and O–H groups in total. The number of aromatic carboxylic acids is 1. The summed E-state index contributed by atoms with van der Waals surface area (Å²) in [5.74, 6) is -1.06. The zero-order valence-electron chi connectivity index (χ0n) is 8.36. The lowest BCUT2D eigenvalue weighted by atomic mass is 10.3. The number of aryl methyl sites for hydroxylation is 1. The van der Waals surface area contributed by atoms with Crippen LogP contribution < -0.4 is 5.32 Å². The van der Waals surface area contributed by atoms with Gasteiger partial charge in [0.2, 0.25) is 0 Å². The largest absolute Gasteiger partial charge is 0.477 e. The summed E-state index contributed by atoms with van der Waals surface area (Å²) in [7, 11) is 0. The van der Waals surface area contributed by atoms with E-state index in [1.165, 1.54) is 0 Å². The monoisotopic (exact) mass is 229 g/mol. The van der Waals surface area contributed by atoms with Crippen LogP contribution in [0.3, 0.4) is 0 Å². The molecule has 0 aliphatic rings. The minimum Gasteiger partial charge on any atom is -0.477 e. The molecule has 15 heavy (non-hydrogen) atoms. The van der Waals surface area contributed by atoms with Crippen LogP contribution >= 0.6 is 11.3 Å². The number of hydrogen-bond acceptors (Lipinski definition) is 4. The first-order valence-electron chi connectivity index (χ1n) is 4.31. The lowest BCUT2D eigenvalue weighted by Crippen LogP contribution is -2.15. The van der Waals surface area contributed by atoms with Gasteiger partial charge in [-0.25, -0.2) is 9.59 Å². The molecule has 0 atom stereocenters. The van der Waals surface area contributed by atoms with Crippen molar-refractivity contribution in [2.75, 3.05) is 11.9 Å². The van der Waals surface area contributed by atoms with Crippen LogP contribution in [0.15, 0.2) is 5.38 Å². The number of carboxylic acids is 1. The number of amides is 1. The number of anilines is 1. The highest BCUT2D eigenvalue weighted by Crippen LogP contribution is 2.27. The average Bonchev–Trinajstić information content (AvgIpc) is 2.48. The van der Waals surface area contributed by atoms with Crippen molar-refractivity contribution in [1.82, 2.24) is 0 Å². The Kier molecular flexibility index (Phi) is 3.68. The van der Waals surface area contributed by atoms with Crippen molar-refractivity contribution in [2.24, 2.45) is 0 Å². The second kappa shape index (κ2) is 4.79. The Balaban J connectivity index is 2.88. The van der Waals surface area contributed by atoms with Gasteiger partial charge in [0.15, 0.2) is 0 Å². The molecule has 0 aliphatic carbocycles. The van der Waals surface area contributed by atoms with Gasteiger partial charge in [-0.2, -0.15) is 0 Å². The van der Waals surface area contributed by atoms with Crippen LogP contribution in [0.2, 0.25) is 0 Å². The van der Waals surface area contributed by atoms with E-state index in [-0.39, 0.29) is 11.5 Å². The summed E-state index contributed by atoms with van der Waals surface area (Å²) >= 11 is 1.07. The predicted molar refractivity (Wildman–Crippen MR) is 56.7 cm³/mol. The van der Waals surface area contributed by atoms with E-state index in [9.17, 15) is 9.59 Å². The molecule has 1 aromatic rings. The van der Waals surface area contributed by atoms with E-state index in [2.05, 4.69) is 10.1 Å². The molecule has 5 nitrogen and oxygen atoms in total. The fraction of sp³-hybridized carbons (Fsp3) is 0.333. The maximum absolute atomic E-state index is 11.1. The highest BCUT2D eigenvalue weighted by Gasteiger charge is 2.17. The van der Waals surface area contributed by atoms with E-state index in [0.29, 0.717) is 11.3 Å². The summed E-state index contributed by atoms with van der Waals surface area (Å²) in [6, 6.07) is 0.